The molecule has 196 valence electrons. The van der Waals surface area contributed by atoms with Gasteiger partial charge in [-0.1, -0.05) is 59.0 Å². The van der Waals surface area contributed by atoms with Gasteiger partial charge < -0.3 is 10.1 Å². The van der Waals surface area contributed by atoms with E-state index in [0.29, 0.717) is 28.0 Å². The summed E-state index contributed by atoms with van der Waals surface area (Å²) in [5.41, 5.74) is 1.09. The van der Waals surface area contributed by atoms with Gasteiger partial charge >= 0.3 is 0 Å². The zero-order valence-corrected chi connectivity index (χ0v) is 23.4. The second-order valence-corrected chi connectivity index (χ2v) is 10.2. The summed E-state index contributed by atoms with van der Waals surface area (Å²) in [5.74, 6) is -0.368. The van der Waals surface area contributed by atoms with Crippen LogP contribution in [0.3, 0.4) is 0 Å². The smallest absolute Gasteiger partial charge is 0.282 e. The number of rotatable bonds is 8. The molecule has 0 aliphatic rings. The van der Waals surface area contributed by atoms with E-state index in [1.54, 1.807) is 30.3 Å². The van der Waals surface area contributed by atoms with Gasteiger partial charge in [0.15, 0.2) is 12.4 Å². The summed E-state index contributed by atoms with van der Waals surface area (Å²) in [7, 11) is 0. The Bertz CT molecular complexity index is 1590. The highest BCUT2D eigenvalue weighted by Crippen LogP contribution is 2.34. The molecule has 0 aliphatic carbocycles. The number of carbonyl (C=O) groups is 1. The lowest BCUT2D eigenvalue weighted by Crippen LogP contribution is -2.23. The van der Waals surface area contributed by atoms with Crippen LogP contribution in [0.5, 0.6) is 5.75 Å². The molecule has 0 unspecified atom stereocenters. The van der Waals surface area contributed by atoms with E-state index in [-0.39, 0.29) is 27.3 Å². The predicted molar refractivity (Wildman–Crippen MR) is 152 cm³/mol. The second kappa shape index (κ2) is 12.1. The number of benzene rings is 3. The van der Waals surface area contributed by atoms with Crippen LogP contribution >= 0.6 is 39.1 Å². The van der Waals surface area contributed by atoms with E-state index in [9.17, 15) is 14.0 Å². The highest BCUT2D eigenvalue weighted by Gasteiger charge is 2.16. The molecule has 1 N–H and O–H groups in total. The summed E-state index contributed by atoms with van der Waals surface area (Å²) in [6, 6.07) is 13.9. The summed E-state index contributed by atoms with van der Waals surface area (Å²) in [6.45, 7) is 3.59. The first-order valence-electron chi connectivity index (χ1n) is 11.6. The van der Waals surface area contributed by atoms with Crippen molar-refractivity contribution < 1.29 is 13.9 Å². The van der Waals surface area contributed by atoms with Crippen molar-refractivity contribution in [1.29, 1.82) is 0 Å². The molecule has 0 spiro atoms. The Labute approximate surface area is 236 Å². The molecular formula is C27H22BrCl2FN4O3. The van der Waals surface area contributed by atoms with Gasteiger partial charge in [0, 0.05) is 16.1 Å². The Kier molecular flexibility index (Phi) is 8.81. The number of hydrogen-bond acceptors (Lipinski definition) is 5. The molecule has 1 atom stereocenters. The molecule has 4 rings (SSSR count). The first-order valence-corrected chi connectivity index (χ1v) is 13.1. The summed E-state index contributed by atoms with van der Waals surface area (Å²) in [5, 5.41) is 7.67. The number of aromatic nitrogens is 2. The van der Waals surface area contributed by atoms with Crippen molar-refractivity contribution >= 4 is 67.8 Å². The molecule has 3 aromatic carbocycles. The van der Waals surface area contributed by atoms with Crippen LogP contribution in [0.1, 0.15) is 37.6 Å². The SMILES string of the molecule is CC[C@@H](C)c1nc2ccc(Br)cc2c(=O)n1N=Cc1cc(Cl)c(OCC(=O)Nc2cccc(F)c2)c(Cl)c1. The van der Waals surface area contributed by atoms with E-state index < -0.39 is 18.3 Å². The summed E-state index contributed by atoms with van der Waals surface area (Å²) >= 11 is 16.1. The van der Waals surface area contributed by atoms with Crippen molar-refractivity contribution in [2.24, 2.45) is 5.10 Å². The van der Waals surface area contributed by atoms with E-state index >= 15 is 0 Å². The molecule has 38 heavy (non-hydrogen) atoms. The first-order chi connectivity index (χ1) is 18.2. The molecule has 0 saturated heterocycles. The zero-order chi connectivity index (χ0) is 27.4. The third-order valence-corrected chi connectivity index (χ3v) is 6.74. The van der Waals surface area contributed by atoms with E-state index in [2.05, 4.69) is 31.3 Å². The standard InChI is InChI=1S/C27H22BrCl2FN4O3/c1-3-15(2)26-34-23-8-7-17(28)11-20(23)27(37)35(26)32-13-16-9-21(29)25(22(30)10-16)38-14-24(36)33-19-6-4-5-18(31)12-19/h4-13,15H,3,14H2,1-2H3,(H,33,36)/t15-/m1/s1. The number of carbonyl (C=O) groups excluding carboxylic acids is 1. The molecule has 1 heterocycles. The van der Waals surface area contributed by atoms with Gasteiger partial charge in [-0.3, -0.25) is 9.59 Å². The topological polar surface area (TPSA) is 85.6 Å². The lowest BCUT2D eigenvalue weighted by atomic mass is 10.1. The van der Waals surface area contributed by atoms with Gasteiger partial charge in [0.05, 0.1) is 27.2 Å². The second-order valence-electron chi connectivity index (χ2n) is 8.46. The van der Waals surface area contributed by atoms with Crippen molar-refractivity contribution in [2.75, 3.05) is 11.9 Å². The van der Waals surface area contributed by atoms with Crippen LogP contribution in [0.2, 0.25) is 10.0 Å². The van der Waals surface area contributed by atoms with Crippen molar-refractivity contribution in [2.45, 2.75) is 26.2 Å². The molecule has 1 amide bonds. The Morgan fingerprint density at radius 3 is 2.63 bits per heavy atom. The Morgan fingerprint density at radius 2 is 1.95 bits per heavy atom. The molecule has 0 radical (unpaired) electrons. The number of nitrogens with one attached hydrogen (secondary N) is 1. The number of hydrogen-bond donors (Lipinski definition) is 1. The zero-order valence-electron chi connectivity index (χ0n) is 20.3. The number of anilines is 1. The Balaban J connectivity index is 1.57. The van der Waals surface area contributed by atoms with Crippen LogP contribution in [0.15, 0.2) is 69.0 Å². The molecule has 0 fully saturated rings. The van der Waals surface area contributed by atoms with E-state index in [4.69, 9.17) is 27.9 Å². The number of nitrogens with zero attached hydrogens (tertiary/aromatic N) is 3. The average molecular weight is 620 g/mol. The summed E-state index contributed by atoms with van der Waals surface area (Å²) in [4.78, 5) is 30.2. The first kappa shape index (κ1) is 27.8. The highest BCUT2D eigenvalue weighted by atomic mass is 79.9. The van der Waals surface area contributed by atoms with Crippen LogP contribution in [0, 0.1) is 5.82 Å². The number of halogens is 4. The lowest BCUT2D eigenvalue weighted by Gasteiger charge is -2.14. The van der Waals surface area contributed by atoms with E-state index in [0.717, 1.165) is 10.9 Å². The van der Waals surface area contributed by atoms with Crippen molar-refractivity contribution in [3.63, 3.8) is 0 Å². The number of amides is 1. The van der Waals surface area contributed by atoms with Gasteiger partial charge in [0.2, 0.25) is 0 Å². The van der Waals surface area contributed by atoms with E-state index in [1.807, 2.05) is 19.9 Å². The van der Waals surface area contributed by atoms with Gasteiger partial charge in [0.25, 0.3) is 11.5 Å². The maximum absolute atomic E-state index is 13.3. The minimum Gasteiger partial charge on any atom is -0.481 e. The lowest BCUT2D eigenvalue weighted by molar-refractivity contribution is -0.118. The fraction of sp³-hybridized carbons (Fsp3) is 0.185. The van der Waals surface area contributed by atoms with Gasteiger partial charge in [-0.2, -0.15) is 9.78 Å². The van der Waals surface area contributed by atoms with Crippen LogP contribution in [0.25, 0.3) is 10.9 Å². The maximum atomic E-state index is 13.3. The number of ether oxygens (including phenoxy) is 1. The summed E-state index contributed by atoms with van der Waals surface area (Å²) < 4.78 is 20.9. The normalized spacial score (nSPS) is 12.2. The summed E-state index contributed by atoms with van der Waals surface area (Å²) in [6.07, 6.45) is 2.22. The van der Waals surface area contributed by atoms with Crippen molar-refractivity contribution in [3.05, 3.63) is 96.7 Å². The van der Waals surface area contributed by atoms with Gasteiger partial charge in [0.1, 0.15) is 11.6 Å². The molecule has 7 nitrogen and oxygen atoms in total. The fourth-order valence-corrected chi connectivity index (χ4v) is 4.57. The molecule has 0 saturated carbocycles. The van der Waals surface area contributed by atoms with Gasteiger partial charge in [-0.25, -0.2) is 9.37 Å². The van der Waals surface area contributed by atoms with Crippen LogP contribution in [-0.2, 0) is 4.79 Å². The van der Waals surface area contributed by atoms with Crippen LogP contribution in [-0.4, -0.2) is 28.4 Å². The van der Waals surface area contributed by atoms with Gasteiger partial charge in [-0.05, 0) is 60.5 Å². The third kappa shape index (κ3) is 6.40. The maximum Gasteiger partial charge on any atom is 0.282 e. The minimum atomic E-state index is -0.513. The molecule has 0 aliphatic heterocycles. The Morgan fingerprint density at radius 1 is 1.21 bits per heavy atom. The quantitative estimate of drug-likeness (QED) is 0.215. The molecular weight excluding hydrogens is 598 g/mol. The predicted octanol–water partition coefficient (Wildman–Crippen LogP) is 7.02. The van der Waals surface area contributed by atoms with Gasteiger partial charge in [-0.15, -0.1) is 0 Å². The minimum absolute atomic E-state index is 0.0191. The number of fused-ring (bicyclic) bond motifs is 1. The molecule has 11 heteroatoms. The fourth-order valence-electron chi connectivity index (χ4n) is 3.60. The van der Waals surface area contributed by atoms with Crippen molar-refractivity contribution in [3.8, 4) is 5.75 Å². The van der Waals surface area contributed by atoms with Crippen molar-refractivity contribution in [1.82, 2.24) is 9.66 Å². The third-order valence-electron chi connectivity index (χ3n) is 5.69. The molecule has 1 aromatic heterocycles. The Hall–Kier alpha value is -3.27. The molecule has 0 bridgehead atoms. The monoisotopic (exact) mass is 618 g/mol. The molecule has 4 aromatic rings. The highest BCUT2D eigenvalue weighted by molar-refractivity contribution is 9.10. The van der Waals surface area contributed by atoms with Crippen LogP contribution < -0.4 is 15.6 Å². The van der Waals surface area contributed by atoms with Crippen LogP contribution in [0.4, 0.5) is 10.1 Å². The van der Waals surface area contributed by atoms with E-state index in [1.165, 1.54) is 29.1 Å². The average Bonchev–Trinajstić information content (AvgIpc) is 2.87. The largest absolute Gasteiger partial charge is 0.481 e.